The Hall–Kier alpha value is -2.04. The molecule has 10 heteroatoms. The van der Waals surface area contributed by atoms with Crippen molar-refractivity contribution in [2.75, 3.05) is 32.7 Å². The van der Waals surface area contributed by atoms with Crippen LogP contribution in [0.4, 0.5) is 0 Å². The fraction of sp³-hybridized carbons (Fsp3) is 0.588. The van der Waals surface area contributed by atoms with Gasteiger partial charge in [-0.05, 0) is 25.8 Å². The molecule has 2 fully saturated rings. The Labute approximate surface area is 158 Å². The van der Waals surface area contributed by atoms with E-state index in [0.717, 1.165) is 30.5 Å². The third-order valence-corrected chi connectivity index (χ3v) is 7.23. The average molecular weight is 392 g/mol. The Bertz CT molecular complexity index is 986. The maximum atomic E-state index is 13.2. The summed E-state index contributed by atoms with van der Waals surface area (Å²) in [4.78, 5) is 18.5. The molecule has 1 N–H and O–H groups in total. The van der Waals surface area contributed by atoms with Gasteiger partial charge in [0.15, 0.2) is 5.65 Å². The molecule has 27 heavy (non-hydrogen) atoms. The molecule has 2 aliphatic rings. The van der Waals surface area contributed by atoms with Crippen molar-refractivity contribution in [1.29, 1.82) is 0 Å². The molecule has 4 heterocycles. The summed E-state index contributed by atoms with van der Waals surface area (Å²) in [5, 5.41) is 8.10. The maximum Gasteiger partial charge on any atom is 0.244 e. The van der Waals surface area contributed by atoms with Crippen molar-refractivity contribution in [3.05, 3.63) is 18.0 Å². The summed E-state index contributed by atoms with van der Waals surface area (Å²) in [6.45, 7) is 4.33. The van der Waals surface area contributed by atoms with Crippen LogP contribution in [0.15, 0.2) is 17.2 Å². The van der Waals surface area contributed by atoms with E-state index in [1.807, 2.05) is 11.8 Å². The van der Waals surface area contributed by atoms with Gasteiger partial charge in [-0.2, -0.15) is 9.40 Å². The van der Waals surface area contributed by atoms with Crippen molar-refractivity contribution in [3.63, 3.8) is 0 Å². The first-order valence-corrected chi connectivity index (χ1v) is 10.6. The number of sulfonamides is 1. The number of rotatable bonds is 3. The van der Waals surface area contributed by atoms with E-state index in [0.29, 0.717) is 31.8 Å². The number of aryl methyl sites for hydroxylation is 2. The molecular formula is C17H24N6O3S. The number of hydrogen-bond donors (Lipinski definition) is 1. The van der Waals surface area contributed by atoms with Gasteiger partial charge in [-0.3, -0.25) is 9.48 Å². The molecule has 2 saturated heterocycles. The van der Waals surface area contributed by atoms with Crippen molar-refractivity contribution in [2.24, 2.45) is 7.05 Å². The van der Waals surface area contributed by atoms with Crippen LogP contribution in [0.2, 0.25) is 0 Å². The van der Waals surface area contributed by atoms with E-state index in [1.165, 1.54) is 10.5 Å². The number of carbonyl (C=O) groups is 1. The number of amides is 1. The van der Waals surface area contributed by atoms with Gasteiger partial charge in [-0.1, -0.05) is 0 Å². The summed E-state index contributed by atoms with van der Waals surface area (Å²) < 4.78 is 29.5. The van der Waals surface area contributed by atoms with Crippen LogP contribution in [0.25, 0.3) is 11.0 Å². The molecule has 0 bridgehead atoms. The number of pyridine rings is 1. The van der Waals surface area contributed by atoms with E-state index in [4.69, 9.17) is 0 Å². The van der Waals surface area contributed by atoms with E-state index in [1.54, 1.807) is 17.8 Å². The molecule has 2 aliphatic heterocycles. The molecule has 2 aromatic rings. The van der Waals surface area contributed by atoms with Gasteiger partial charge >= 0.3 is 0 Å². The van der Waals surface area contributed by atoms with E-state index in [9.17, 15) is 13.2 Å². The summed E-state index contributed by atoms with van der Waals surface area (Å²) in [5.41, 5.74) is 1.41. The van der Waals surface area contributed by atoms with Gasteiger partial charge in [0.2, 0.25) is 15.9 Å². The molecule has 2 aromatic heterocycles. The van der Waals surface area contributed by atoms with Crippen molar-refractivity contribution >= 4 is 27.0 Å². The second-order valence-corrected chi connectivity index (χ2v) is 9.11. The second-order valence-electron chi connectivity index (χ2n) is 7.17. The standard InChI is InChI=1S/C17H24N6O3S/c1-12-15-8-14(9-19-17(15)21(2)20-12)27(25,26)22-6-3-4-13(11-22)23-7-5-18-10-16(23)24/h8-9,13,18H,3-7,10-11H2,1-2H3. The molecule has 4 rings (SSSR count). The van der Waals surface area contributed by atoms with Crippen LogP contribution in [-0.4, -0.2) is 77.1 Å². The van der Waals surface area contributed by atoms with Crippen molar-refractivity contribution in [3.8, 4) is 0 Å². The summed E-state index contributed by atoms with van der Waals surface area (Å²) in [6, 6.07) is 1.58. The zero-order valence-electron chi connectivity index (χ0n) is 15.6. The van der Waals surface area contributed by atoms with Gasteiger partial charge in [0.1, 0.15) is 4.90 Å². The Morgan fingerprint density at radius 3 is 2.89 bits per heavy atom. The number of nitrogens with one attached hydrogen (secondary N) is 1. The van der Waals surface area contributed by atoms with E-state index >= 15 is 0 Å². The molecule has 1 amide bonds. The zero-order valence-corrected chi connectivity index (χ0v) is 16.4. The lowest BCUT2D eigenvalue weighted by atomic mass is 10.1. The number of piperidine rings is 1. The van der Waals surface area contributed by atoms with E-state index in [-0.39, 0.29) is 16.8 Å². The number of aromatic nitrogens is 3. The summed E-state index contributed by atoms with van der Waals surface area (Å²) >= 11 is 0. The quantitative estimate of drug-likeness (QED) is 0.781. The molecule has 0 spiro atoms. The van der Waals surface area contributed by atoms with Crippen LogP contribution >= 0.6 is 0 Å². The predicted molar refractivity (Wildman–Crippen MR) is 99.6 cm³/mol. The third-order valence-electron chi connectivity index (χ3n) is 5.40. The first kappa shape index (κ1) is 18.3. The lowest BCUT2D eigenvalue weighted by Crippen LogP contribution is -2.57. The maximum absolute atomic E-state index is 13.2. The molecule has 0 radical (unpaired) electrons. The van der Waals surface area contributed by atoms with Crippen LogP contribution in [0.3, 0.4) is 0 Å². The fourth-order valence-corrected chi connectivity index (χ4v) is 5.47. The number of piperazine rings is 1. The SMILES string of the molecule is Cc1nn(C)c2ncc(S(=O)(=O)N3CCCC(N4CCNCC4=O)C3)cc12. The lowest BCUT2D eigenvalue weighted by Gasteiger charge is -2.40. The molecular weight excluding hydrogens is 368 g/mol. The molecule has 0 aromatic carbocycles. The van der Waals surface area contributed by atoms with Crippen molar-refractivity contribution in [1.82, 2.24) is 29.3 Å². The number of fused-ring (bicyclic) bond motifs is 1. The Morgan fingerprint density at radius 2 is 2.11 bits per heavy atom. The zero-order chi connectivity index (χ0) is 19.2. The number of carbonyl (C=O) groups excluding carboxylic acids is 1. The van der Waals surface area contributed by atoms with Crippen LogP contribution < -0.4 is 5.32 Å². The third kappa shape index (κ3) is 3.21. The minimum Gasteiger partial charge on any atom is -0.336 e. The lowest BCUT2D eigenvalue weighted by molar-refractivity contribution is -0.135. The topological polar surface area (TPSA) is 100 Å². The van der Waals surface area contributed by atoms with Crippen LogP contribution in [-0.2, 0) is 21.9 Å². The monoisotopic (exact) mass is 392 g/mol. The predicted octanol–water partition coefficient (Wildman–Crippen LogP) is -0.138. The van der Waals surface area contributed by atoms with Crippen LogP contribution in [0, 0.1) is 6.92 Å². The molecule has 146 valence electrons. The summed E-state index contributed by atoms with van der Waals surface area (Å²) in [5.74, 6) is 0.0413. The molecule has 9 nitrogen and oxygen atoms in total. The Kier molecular flexibility index (Phi) is 4.65. The first-order valence-electron chi connectivity index (χ1n) is 9.17. The van der Waals surface area contributed by atoms with Gasteiger partial charge in [-0.15, -0.1) is 0 Å². The minimum absolute atomic E-state index is 0.0413. The van der Waals surface area contributed by atoms with Crippen LogP contribution in [0.5, 0.6) is 0 Å². The second kappa shape index (κ2) is 6.84. The Morgan fingerprint density at radius 1 is 1.30 bits per heavy atom. The highest BCUT2D eigenvalue weighted by Gasteiger charge is 2.35. The van der Waals surface area contributed by atoms with Gasteiger partial charge in [0.05, 0.1) is 12.2 Å². The first-order chi connectivity index (χ1) is 12.9. The Balaban J connectivity index is 1.61. The highest BCUT2D eigenvalue weighted by atomic mass is 32.2. The van der Waals surface area contributed by atoms with E-state index in [2.05, 4.69) is 15.4 Å². The summed E-state index contributed by atoms with van der Waals surface area (Å²) in [6.07, 6.45) is 2.97. The van der Waals surface area contributed by atoms with Crippen LogP contribution in [0.1, 0.15) is 18.5 Å². The van der Waals surface area contributed by atoms with Gasteiger partial charge in [0, 0.05) is 50.9 Å². The van der Waals surface area contributed by atoms with Crippen molar-refractivity contribution < 1.29 is 13.2 Å². The number of hydrogen-bond acceptors (Lipinski definition) is 6. The van der Waals surface area contributed by atoms with E-state index < -0.39 is 10.0 Å². The molecule has 0 saturated carbocycles. The molecule has 1 atom stereocenters. The number of nitrogens with zero attached hydrogens (tertiary/aromatic N) is 5. The van der Waals surface area contributed by atoms with Gasteiger partial charge in [-0.25, -0.2) is 13.4 Å². The smallest absolute Gasteiger partial charge is 0.244 e. The molecule has 0 aliphatic carbocycles. The highest BCUT2D eigenvalue weighted by molar-refractivity contribution is 7.89. The largest absolute Gasteiger partial charge is 0.336 e. The average Bonchev–Trinajstić information content (AvgIpc) is 2.96. The summed E-state index contributed by atoms with van der Waals surface area (Å²) in [7, 11) is -1.88. The molecule has 1 unspecified atom stereocenters. The normalized spacial score (nSPS) is 22.5. The fourth-order valence-electron chi connectivity index (χ4n) is 3.98. The minimum atomic E-state index is -3.67. The van der Waals surface area contributed by atoms with Crippen molar-refractivity contribution in [2.45, 2.75) is 30.7 Å². The van der Waals surface area contributed by atoms with Gasteiger partial charge in [0.25, 0.3) is 0 Å². The highest BCUT2D eigenvalue weighted by Crippen LogP contribution is 2.26. The van der Waals surface area contributed by atoms with Gasteiger partial charge < -0.3 is 10.2 Å².